The molecule has 1 unspecified atom stereocenters. The second-order valence-corrected chi connectivity index (χ2v) is 14.0. The fraction of sp³-hybridized carbons (Fsp3) is 0.686. The lowest BCUT2D eigenvalue weighted by molar-refractivity contribution is 0.0756. The van der Waals surface area contributed by atoms with Gasteiger partial charge in [-0.15, -0.1) is 0 Å². The van der Waals surface area contributed by atoms with Crippen molar-refractivity contribution in [1.82, 2.24) is 19.5 Å². The largest absolute Gasteiger partial charge is 0.382 e. The summed E-state index contributed by atoms with van der Waals surface area (Å²) in [6.07, 6.45) is 24.4. The number of hydrogen-bond donors (Lipinski definition) is 1. The maximum Gasteiger partial charge on any atom is 0.356 e. The van der Waals surface area contributed by atoms with E-state index in [1.165, 1.54) is 103 Å². The number of imidazole rings is 1. The Bertz CT molecular complexity index is 1230. The molecule has 0 aliphatic carbocycles. The number of rotatable bonds is 29. The zero-order valence-electron chi connectivity index (χ0n) is 28.2. The SMILES string of the molecule is CCCCCCCCCCCCCCCCCCOCCOP(=O)(COCCn1cnc2c(N)ncnc21)OCc1ccccc1. The maximum atomic E-state index is 13.5. The van der Waals surface area contributed by atoms with Gasteiger partial charge in [0.25, 0.3) is 0 Å². The molecule has 0 saturated heterocycles. The van der Waals surface area contributed by atoms with Crippen LogP contribution >= 0.6 is 7.60 Å². The minimum absolute atomic E-state index is 0.164. The Hall–Kier alpha value is -2.36. The summed E-state index contributed by atoms with van der Waals surface area (Å²) in [6, 6.07) is 9.60. The van der Waals surface area contributed by atoms with Gasteiger partial charge in [-0.25, -0.2) is 15.0 Å². The summed E-state index contributed by atoms with van der Waals surface area (Å²) in [5, 5.41) is 0. The van der Waals surface area contributed by atoms with Gasteiger partial charge >= 0.3 is 7.60 Å². The van der Waals surface area contributed by atoms with E-state index in [1.807, 2.05) is 34.9 Å². The molecular weight excluding hydrogens is 601 g/mol. The van der Waals surface area contributed by atoms with E-state index in [4.69, 9.17) is 24.3 Å². The Morgan fingerprint density at radius 2 is 1.33 bits per heavy atom. The molecule has 11 heteroatoms. The molecule has 3 aromatic rings. The minimum atomic E-state index is -3.51. The normalized spacial score (nSPS) is 13.0. The quantitative estimate of drug-likeness (QED) is 0.0574. The monoisotopic (exact) mass is 659 g/mol. The number of anilines is 1. The zero-order chi connectivity index (χ0) is 32.5. The fourth-order valence-electron chi connectivity index (χ4n) is 5.35. The third kappa shape index (κ3) is 16.0. The molecule has 10 nitrogen and oxygen atoms in total. The van der Waals surface area contributed by atoms with Crippen LogP contribution in [0.4, 0.5) is 5.82 Å². The van der Waals surface area contributed by atoms with E-state index in [-0.39, 0.29) is 26.2 Å². The molecule has 2 aromatic heterocycles. The molecule has 46 heavy (non-hydrogen) atoms. The minimum Gasteiger partial charge on any atom is -0.382 e. The smallest absolute Gasteiger partial charge is 0.356 e. The van der Waals surface area contributed by atoms with Crippen molar-refractivity contribution in [3.8, 4) is 0 Å². The van der Waals surface area contributed by atoms with Crippen LogP contribution in [0.15, 0.2) is 43.0 Å². The highest BCUT2D eigenvalue weighted by atomic mass is 31.2. The third-order valence-corrected chi connectivity index (χ3v) is 9.68. The highest BCUT2D eigenvalue weighted by molar-refractivity contribution is 7.53. The molecule has 0 bridgehead atoms. The Kier molecular flexibility index (Phi) is 19.8. The van der Waals surface area contributed by atoms with Crippen LogP contribution in [0.5, 0.6) is 0 Å². The van der Waals surface area contributed by atoms with Gasteiger partial charge in [-0.2, -0.15) is 0 Å². The first-order chi connectivity index (χ1) is 22.6. The molecule has 0 spiro atoms. The number of fused-ring (bicyclic) bond motifs is 1. The number of nitrogen functional groups attached to an aromatic ring is 1. The first kappa shape index (κ1) is 38.1. The first-order valence-electron chi connectivity index (χ1n) is 17.6. The highest BCUT2D eigenvalue weighted by Crippen LogP contribution is 2.48. The molecule has 1 aromatic carbocycles. The second-order valence-electron chi connectivity index (χ2n) is 12.0. The van der Waals surface area contributed by atoms with Gasteiger partial charge in [-0.05, 0) is 12.0 Å². The van der Waals surface area contributed by atoms with Gasteiger partial charge in [0, 0.05) is 13.2 Å². The van der Waals surface area contributed by atoms with Crippen LogP contribution in [-0.4, -0.2) is 52.3 Å². The van der Waals surface area contributed by atoms with E-state index in [9.17, 15) is 4.57 Å². The lowest BCUT2D eigenvalue weighted by atomic mass is 10.0. The molecule has 2 heterocycles. The molecule has 0 aliphatic rings. The summed E-state index contributed by atoms with van der Waals surface area (Å²) in [5.74, 6) is 0.328. The lowest BCUT2D eigenvalue weighted by Gasteiger charge is -2.19. The molecule has 0 fully saturated rings. The molecule has 3 rings (SSSR count). The van der Waals surface area contributed by atoms with Crippen LogP contribution in [0, 0.1) is 0 Å². The molecule has 258 valence electrons. The van der Waals surface area contributed by atoms with Crippen LogP contribution < -0.4 is 5.73 Å². The van der Waals surface area contributed by atoms with Crippen molar-refractivity contribution in [2.75, 3.05) is 38.5 Å². The number of nitrogens with zero attached hydrogens (tertiary/aromatic N) is 4. The van der Waals surface area contributed by atoms with Crippen molar-refractivity contribution in [1.29, 1.82) is 0 Å². The Morgan fingerprint density at radius 1 is 0.696 bits per heavy atom. The summed E-state index contributed by atoms with van der Waals surface area (Å²) in [4.78, 5) is 12.5. The van der Waals surface area contributed by atoms with Gasteiger partial charge in [-0.1, -0.05) is 134 Å². The first-order valence-corrected chi connectivity index (χ1v) is 19.3. The Labute approximate surface area is 276 Å². The predicted octanol–water partition coefficient (Wildman–Crippen LogP) is 9.09. The van der Waals surface area contributed by atoms with E-state index in [1.54, 1.807) is 6.33 Å². The van der Waals surface area contributed by atoms with Crippen molar-refractivity contribution in [3.05, 3.63) is 48.5 Å². The number of unbranched alkanes of at least 4 members (excludes halogenated alkanes) is 15. The maximum absolute atomic E-state index is 13.5. The standard InChI is InChI=1S/C35H58N5O5P/c1-2-3-4-5-6-7-8-9-10-11-12-13-14-15-16-20-24-42-26-27-44-46(41,45-28-32-21-18-17-19-22-32)31-43-25-23-40-30-39-33-34(36)37-29-38-35(33)40/h17-19,21-22,29-30H,2-16,20,23-28,31H2,1H3,(H2,36,37,38). The number of aromatic nitrogens is 4. The number of hydrogen-bond acceptors (Lipinski definition) is 9. The van der Waals surface area contributed by atoms with Crippen molar-refractivity contribution < 1.29 is 23.1 Å². The average molecular weight is 660 g/mol. The van der Waals surface area contributed by atoms with Crippen LogP contribution in [0.1, 0.15) is 115 Å². The van der Waals surface area contributed by atoms with Crippen LogP contribution in [0.2, 0.25) is 0 Å². The second kappa shape index (κ2) is 23.9. The van der Waals surface area contributed by atoms with Crippen molar-refractivity contribution in [2.24, 2.45) is 0 Å². The van der Waals surface area contributed by atoms with Crippen molar-refractivity contribution in [2.45, 2.75) is 123 Å². The summed E-state index contributed by atoms with van der Waals surface area (Å²) in [6.45, 7) is 4.39. The highest BCUT2D eigenvalue weighted by Gasteiger charge is 2.25. The molecule has 2 N–H and O–H groups in total. The number of ether oxygens (including phenoxy) is 2. The molecule has 0 aliphatic heterocycles. The summed E-state index contributed by atoms with van der Waals surface area (Å²) >= 11 is 0. The average Bonchev–Trinajstić information content (AvgIpc) is 3.50. The lowest BCUT2D eigenvalue weighted by Crippen LogP contribution is -2.11. The predicted molar refractivity (Wildman–Crippen MR) is 186 cm³/mol. The van der Waals surface area contributed by atoms with E-state index >= 15 is 0 Å². The van der Waals surface area contributed by atoms with Crippen LogP contribution in [0.3, 0.4) is 0 Å². The topological polar surface area (TPSA) is 124 Å². The van der Waals surface area contributed by atoms with Gasteiger partial charge in [0.2, 0.25) is 0 Å². The summed E-state index contributed by atoms with van der Waals surface area (Å²) < 4.78 is 38.4. The van der Waals surface area contributed by atoms with E-state index < -0.39 is 7.60 Å². The molecular formula is C35H58N5O5P. The van der Waals surface area contributed by atoms with E-state index in [0.29, 0.717) is 36.7 Å². The van der Waals surface area contributed by atoms with Gasteiger partial charge in [0.15, 0.2) is 11.5 Å². The molecule has 0 radical (unpaired) electrons. The van der Waals surface area contributed by atoms with E-state index in [2.05, 4.69) is 21.9 Å². The van der Waals surface area contributed by atoms with Crippen molar-refractivity contribution >= 4 is 24.6 Å². The van der Waals surface area contributed by atoms with Gasteiger partial charge in [0.1, 0.15) is 18.2 Å². The Balaban J connectivity index is 1.21. The van der Waals surface area contributed by atoms with E-state index in [0.717, 1.165) is 12.0 Å². The van der Waals surface area contributed by atoms with Crippen molar-refractivity contribution in [3.63, 3.8) is 0 Å². The fourth-order valence-corrected chi connectivity index (χ4v) is 6.62. The number of nitrogens with two attached hydrogens (primary N) is 1. The number of benzene rings is 1. The molecule has 0 saturated carbocycles. The van der Waals surface area contributed by atoms with Gasteiger partial charge in [-0.3, -0.25) is 4.57 Å². The Morgan fingerprint density at radius 3 is 1.98 bits per heavy atom. The molecule has 0 amide bonds. The zero-order valence-corrected chi connectivity index (χ0v) is 29.1. The summed E-state index contributed by atoms with van der Waals surface area (Å²) in [7, 11) is -3.51. The molecule has 1 atom stereocenters. The van der Waals surface area contributed by atoms with Crippen LogP contribution in [0.25, 0.3) is 11.2 Å². The van der Waals surface area contributed by atoms with Gasteiger partial charge in [0.05, 0.1) is 32.8 Å². The van der Waals surface area contributed by atoms with Gasteiger partial charge < -0.3 is 28.8 Å². The summed E-state index contributed by atoms with van der Waals surface area (Å²) in [5.41, 5.74) is 7.95. The third-order valence-electron chi connectivity index (χ3n) is 8.08. The van der Waals surface area contributed by atoms with Crippen LogP contribution in [-0.2, 0) is 36.2 Å².